The van der Waals surface area contributed by atoms with Gasteiger partial charge in [0.25, 0.3) is 5.91 Å². The molecule has 0 bridgehead atoms. The molecule has 2 aliphatic heterocycles. The zero-order valence-electron chi connectivity index (χ0n) is 24.2. The molecule has 5 rings (SSSR count). The maximum absolute atomic E-state index is 13.8. The second-order valence-electron chi connectivity index (χ2n) is 11.4. The van der Waals surface area contributed by atoms with Gasteiger partial charge in [-0.25, -0.2) is 13.5 Å². The van der Waals surface area contributed by atoms with E-state index in [2.05, 4.69) is 15.7 Å². The molecule has 3 heterocycles. The van der Waals surface area contributed by atoms with Gasteiger partial charge in [-0.05, 0) is 61.9 Å². The molecule has 0 aliphatic carbocycles. The van der Waals surface area contributed by atoms with E-state index in [1.807, 2.05) is 0 Å². The fourth-order valence-electron chi connectivity index (χ4n) is 5.50. The summed E-state index contributed by atoms with van der Waals surface area (Å²) in [5.74, 6) is -3.53. The Bertz CT molecular complexity index is 1670. The van der Waals surface area contributed by atoms with Crippen LogP contribution in [-0.2, 0) is 15.1 Å². The Morgan fingerprint density at radius 2 is 1.73 bits per heavy atom. The molecule has 0 spiro atoms. The van der Waals surface area contributed by atoms with E-state index in [9.17, 15) is 36.6 Å². The number of rotatable bonds is 9. The highest BCUT2D eigenvalue weighted by Gasteiger charge is 2.52. The van der Waals surface area contributed by atoms with Gasteiger partial charge in [0.15, 0.2) is 0 Å². The van der Waals surface area contributed by atoms with Crippen LogP contribution >= 0.6 is 0 Å². The minimum absolute atomic E-state index is 0.0561. The second kappa shape index (κ2) is 11.7. The van der Waals surface area contributed by atoms with Gasteiger partial charge in [0.05, 0.1) is 30.0 Å². The zero-order valence-corrected chi connectivity index (χ0v) is 24.2. The lowest BCUT2D eigenvalue weighted by Crippen LogP contribution is -2.49. The third-order valence-corrected chi connectivity index (χ3v) is 8.18. The van der Waals surface area contributed by atoms with Gasteiger partial charge in [0.2, 0.25) is 5.91 Å². The van der Waals surface area contributed by atoms with Gasteiger partial charge in [-0.2, -0.15) is 18.3 Å². The average molecular weight is 632 g/mol. The van der Waals surface area contributed by atoms with E-state index in [1.54, 1.807) is 6.92 Å². The predicted octanol–water partition coefficient (Wildman–Crippen LogP) is 3.99. The first-order valence-electron chi connectivity index (χ1n) is 13.9. The molecule has 9 nitrogen and oxygen atoms in total. The number of aliphatic hydroxyl groups is 1. The first kappa shape index (κ1) is 31.7. The molecule has 238 valence electrons. The SMILES string of the molecule is CC1(c2ccc(F)cc2)NC(C(CNC(=O)c2cnn(-c3ccc(F)cc3)c2)C(O)CC(F)(F)F)=CC2=C1OC[C@]2(C)C(N)=O. The Hall–Kier alpha value is -4.72. The topological polar surface area (TPSA) is 132 Å². The number of halogens is 5. The Morgan fingerprint density at radius 3 is 2.33 bits per heavy atom. The monoisotopic (exact) mass is 631 g/mol. The number of alkyl halides is 3. The largest absolute Gasteiger partial charge is 0.493 e. The van der Waals surface area contributed by atoms with Crippen LogP contribution in [0.2, 0.25) is 0 Å². The van der Waals surface area contributed by atoms with Crippen molar-refractivity contribution in [2.45, 2.75) is 38.1 Å². The molecular weight excluding hydrogens is 601 g/mol. The summed E-state index contributed by atoms with van der Waals surface area (Å²) in [5.41, 5.74) is 4.36. The van der Waals surface area contributed by atoms with Gasteiger partial charge in [0.1, 0.15) is 35.0 Å². The lowest BCUT2D eigenvalue weighted by atomic mass is 9.75. The molecule has 45 heavy (non-hydrogen) atoms. The summed E-state index contributed by atoms with van der Waals surface area (Å²) in [6.45, 7) is 2.56. The van der Waals surface area contributed by atoms with Gasteiger partial charge in [-0.3, -0.25) is 9.59 Å². The number of carbonyl (C=O) groups is 2. The van der Waals surface area contributed by atoms with Crippen LogP contribution < -0.4 is 16.4 Å². The van der Waals surface area contributed by atoms with Crippen molar-refractivity contribution in [2.24, 2.45) is 17.1 Å². The third kappa shape index (κ3) is 6.27. The number of ether oxygens (including phenoxy) is 1. The summed E-state index contributed by atoms with van der Waals surface area (Å²) in [6.07, 6.45) is -4.38. The Labute approximate surface area is 254 Å². The van der Waals surface area contributed by atoms with E-state index < -0.39 is 65.6 Å². The van der Waals surface area contributed by atoms with Crippen molar-refractivity contribution in [1.82, 2.24) is 20.4 Å². The Morgan fingerprint density at radius 1 is 1.11 bits per heavy atom. The third-order valence-electron chi connectivity index (χ3n) is 8.18. The van der Waals surface area contributed by atoms with Crippen LogP contribution in [0, 0.1) is 23.0 Å². The van der Waals surface area contributed by atoms with E-state index in [0.717, 1.165) is 0 Å². The normalized spacial score (nSPS) is 22.5. The molecule has 1 aromatic heterocycles. The smallest absolute Gasteiger partial charge is 0.391 e. The summed E-state index contributed by atoms with van der Waals surface area (Å²) < 4.78 is 75.0. The number of nitrogens with two attached hydrogens (primary N) is 1. The molecule has 0 saturated carbocycles. The molecule has 3 aromatic rings. The number of benzene rings is 2. The highest BCUT2D eigenvalue weighted by atomic mass is 19.4. The molecule has 2 aliphatic rings. The van der Waals surface area contributed by atoms with Crippen molar-refractivity contribution in [1.29, 1.82) is 0 Å². The van der Waals surface area contributed by atoms with Crippen molar-refractivity contribution < 1.29 is 41.4 Å². The summed E-state index contributed by atoms with van der Waals surface area (Å²) >= 11 is 0. The highest BCUT2D eigenvalue weighted by molar-refractivity contribution is 5.93. The Balaban J connectivity index is 1.49. The fourth-order valence-corrected chi connectivity index (χ4v) is 5.50. The van der Waals surface area contributed by atoms with Crippen LogP contribution in [0.4, 0.5) is 22.0 Å². The molecular formula is C31H30F5N5O4. The van der Waals surface area contributed by atoms with Gasteiger partial charge in [-0.15, -0.1) is 0 Å². The van der Waals surface area contributed by atoms with Gasteiger partial charge in [0, 0.05) is 29.9 Å². The molecule has 14 heteroatoms. The van der Waals surface area contributed by atoms with E-state index in [-0.39, 0.29) is 29.2 Å². The molecule has 0 saturated heterocycles. The first-order chi connectivity index (χ1) is 21.1. The maximum Gasteiger partial charge on any atom is 0.391 e. The van der Waals surface area contributed by atoms with E-state index in [1.165, 1.54) is 78.6 Å². The van der Waals surface area contributed by atoms with Crippen molar-refractivity contribution in [3.8, 4) is 5.69 Å². The molecule has 0 fully saturated rings. The van der Waals surface area contributed by atoms with Crippen LogP contribution in [0.1, 0.15) is 36.2 Å². The van der Waals surface area contributed by atoms with E-state index in [0.29, 0.717) is 11.3 Å². The minimum Gasteiger partial charge on any atom is -0.493 e. The number of allylic oxidation sites excluding steroid dienone is 1. The predicted molar refractivity (Wildman–Crippen MR) is 151 cm³/mol. The second-order valence-corrected chi connectivity index (χ2v) is 11.4. The van der Waals surface area contributed by atoms with Crippen molar-refractivity contribution in [3.05, 3.63) is 107 Å². The van der Waals surface area contributed by atoms with Gasteiger partial charge >= 0.3 is 6.18 Å². The number of hydrogen-bond donors (Lipinski definition) is 4. The number of aromatic nitrogens is 2. The number of nitrogens with one attached hydrogen (secondary N) is 2. The quantitative estimate of drug-likeness (QED) is 0.264. The zero-order chi connectivity index (χ0) is 32.7. The van der Waals surface area contributed by atoms with Crippen LogP contribution in [0.3, 0.4) is 0 Å². The number of dihydropyridines is 1. The standard InChI is InChI=1S/C31H30F5N5O4/c1-29(28(37)44)16-45-26-23(29)11-24(40-30(26,2)18-3-5-19(32)6-4-18)22(25(42)12-31(34,35)36)14-38-27(43)17-13-39-41(15-17)21-9-7-20(33)8-10-21/h3-11,13,15,22,25,40,42H,12,14,16H2,1-2H3,(H2,37,44)(H,38,43)/t22?,25?,29-,30?/m0/s1. The number of primary amides is 1. The molecule has 4 atom stereocenters. The highest BCUT2D eigenvalue weighted by Crippen LogP contribution is 2.49. The number of carbonyl (C=O) groups excluding carboxylic acids is 2. The number of aliphatic hydroxyl groups excluding tert-OH is 1. The van der Waals surface area contributed by atoms with Crippen molar-refractivity contribution >= 4 is 11.8 Å². The minimum atomic E-state index is -4.75. The number of hydrogen-bond acceptors (Lipinski definition) is 6. The van der Waals surface area contributed by atoms with Crippen LogP contribution in [0.15, 0.2) is 84.0 Å². The lowest BCUT2D eigenvalue weighted by molar-refractivity contribution is -0.157. The van der Waals surface area contributed by atoms with Crippen molar-refractivity contribution in [3.63, 3.8) is 0 Å². The number of nitrogens with zero attached hydrogens (tertiary/aromatic N) is 2. The summed E-state index contributed by atoms with van der Waals surface area (Å²) in [4.78, 5) is 25.7. The summed E-state index contributed by atoms with van der Waals surface area (Å²) in [7, 11) is 0. The average Bonchev–Trinajstić information content (AvgIpc) is 3.59. The molecule has 3 unspecified atom stereocenters. The molecule has 2 amide bonds. The maximum atomic E-state index is 13.8. The van der Waals surface area contributed by atoms with Crippen LogP contribution in [-0.4, -0.2) is 52.1 Å². The number of amides is 2. The first-order valence-corrected chi connectivity index (χ1v) is 13.9. The van der Waals surface area contributed by atoms with E-state index >= 15 is 0 Å². The molecule has 5 N–H and O–H groups in total. The summed E-state index contributed by atoms with van der Waals surface area (Å²) in [6, 6.07) is 10.6. The van der Waals surface area contributed by atoms with Crippen molar-refractivity contribution in [2.75, 3.05) is 13.2 Å². The molecule has 0 radical (unpaired) electrons. The molecule has 2 aromatic carbocycles. The van der Waals surface area contributed by atoms with Crippen LogP contribution in [0.25, 0.3) is 5.69 Å². The fraction of sp³-hybridized carbons (Fsp3) is 0.323. The van der Waals surface area contributed by atoms with Crippen LogP contribution in [0.5, 0.6) is 0 Å². The lowest BCUT2D eigenvalue weighted by Gasteiger charge is -2.41. The van der Waals surface area contributed by atoms with Gasteiger partial charge in [-0.1, -0.05) is 12.1 Å². The van der Waals surface area contributed by atoms with Gasteiger partial charge < -0.3 is 26.2 Å². The summed E-state index contributed by atoms with van der Waals surface area (Å²) in [5, 5.41) is 20.7. The van der Waals surface area contributed by atoms with E-state index in [4.69, 9.17) is 10.5 Å². The Kier molecular flexibility index (Phi) is 8.21.